The SMILES string of the molecule is CC(C)C1OC(C2(C)CC2)CC1C(=O)O. The summed E-state index contributed by atoms with van der Waals surface area (Å²) in [5.41, 5.74) is 0.275. The van der Waals surface area contributed by atoms with Crippen molar-refractivity contribution in [2.75, 3.05) is 0 Å². The first kappa shape index (κ1) is 10.9. The molecule has 1 heterocycles. The molecular weight excluding hydrogens is 192 g/mol. The van der Waals surface area contributed by atoms with Crippen LogP contribution in [-0.2, 0) is 9.53 Å². The van der Waals surface area contributed by atoms with Crippen LogP contribution in [0.4, 0.5) is 0 Å². The standard InChI is InChI=1S/C12H20O3/c1-7(2)10-8(11(13)14)6-9(15-10)12(3)4-5-12/h7-10H,4-6H2,1-3H3,(H,13,14). The van der Waals surface area contributed by atoms with E-state index in [9.17, 15) is 4.79 Å². The Balaban J connectivity index is 2.08. The number of rotatable bonds is 3. The van der Waals surface area contributed by atoms with Crippen molar-refractivity contribution >= 4 is 5.97 Å². The molecule has 86 valence electrons. The van der Waals surface area contributed by atoms with E-state index in [0.29, 0.717) is 12.3 Å². The van der Waals surface area contributed by atoms with Crippen LogP contribution in [0.15, 0.2) is 0 Å². The molecule has 3 heteroatoms. The molecule has 0 aromatic heterocycles. The van der Waals surface area contributed by atoms with E-state index in [4.69, 9.17) is 9.84 Å². The predicted molar refractivity (Wildman–Crippen MR) is 56.6 cm³/mol. The zero-order chi connectivity index (χ0) is 11.2. The maximum atomic E-state index is 11.1. The van der Waals surface area contributed by atoms with Crippen LogP contribution in [0.3, 0.4) is 0 Å². The Labute approximate surface area is 90.8 Å². The number of hydrogen-bond donors (Lipinski definition) is 1. The molecule has 0 radical (unpaired) electrons. The average molecular weight is 212 g/mol. The first-order valence-electron chi connectivity index (χ1n) is 5.82. The summed E-state index contributed by atoms with van der Waals surface area (Å²) in [5.74, 6) is -0.702. The molecule has 2 aliphatic rings. The summed E-state index contributed by atoms with van der Waals surface area (Å²) in [5, 5.41) is 9.16. The van der Waals surface area contributed by atoms with E-state index in [-0.39, 0.29) is 23.5 Å². The highest BCUT2D eigenvalue weighted by atomic mass is 16.5. The Kier molecular flexibility index (Phi) is 2.53. The van der Waals surface area contributed by atoms with Gasteiger partial charge in [0.25, 0.3) is 0 Å². The van der Waals surface area contributed by atoms with Gasteiger partial charge in [-0.25, -0.2) is 0 Å². The molecular formula is C12H20O3. The van der Waals surface area contributed by atoms with E-state index < -0.39 is 5.97 Å². The van der Waals surface area contributed by atoms with E-state index in [0.717, 1.165) is 0 Å². The normalized spacial score (nSPS) is 38.3. The summed E-state index contributed by atoms with van der Waals surface area (Å²) >= 11 is 0. The van der Waals surface area contributed by atoms with Crippen molar-refractivity contribution in [3.8, 4) is 0 Å². The third-order valence-electron chi connectivity index (χ3n) is 3.98. The fourth-order valence-corrected chi connectivity index (χ4v) is 2.54. The highest BCUT2D eigenvalue weighted by Crippen LogP contribution is 2.54. The van der Waals surface area contributed by atoms with Gasteiger partial charge in [0, 0.05) is 0 Å². The second-order valence-corrected chi connectivity index (χ2v) is 5.67. The Morgan fingerprint density at radius 2 is 2.07 bits per heavy atom. The van der Waals surface area contributed by atoms with Gasteiger partial charge in [0.1, 0.15) is 0 Å². The Morgan fingerprint density at radius 3 is 2.40 bits per heavy atom. The van der Waals surface area contributed by atoms with Crippen LogP contribution in [0, 0.1) is 17.3 Å². The van der Waals surface area contributed by atoms with E-state index in [2.05, 4.69) is 6.92 Å². The van der Waals surface area contributed by atoms with Gasteiger partial charge in [0.2, 0.25) is 0 Å². The van der Waals surface area contributed by atoms with Crippen LogP contribution < -0.4 is 0 Å². The molecule has 1 N–H and O–H groups in total. The molecule has 0 aromatic rings. The van der Waals surface area contributed by atoms with Crippen LogP contribution in [-0.4, -0.2) is 23.3 Å². The van der Waals surface area contributed by atoms with Gasteiger partial charge in [-0.3, -0.25) is 4.79 Å². The van der Waals surface area contributed by atoms with Crippen molar-refractivity contribution in [1.82, 2.24) is 0 Å². The van der Waals surface area contributed by atoms with Crippen molar-refractivity contribution < 1.29 is 14.6 Å². The Hall–Kier alpha value is -0.570. The van der Waals surface area contributed by atoms with Gasteiger partial charge < -0.3 is 9.84 Å². The highest BCUT2D eigenvalue weighted by molar-refractivity contribution is 5.71. The summed E-state index contributed by atoms with van der Waals surface area (Å²) in [6.45, 7) is 6.29. The predicted octanol–water partition coefficient (Wildman–Crippen LogP) is 2.30. The molecule has 1 aliphatic carbocycles. The molecule has 2 rings (SSSR count). The summed E-state index contributed by atoms with van der Waals surface area (Å²) < 4.78 is 5.94. The minimum Gasteiger partial charge on any atom is -0.481 e. The van der Waals surface area contributed by atoms with Crippen molar-refractivity contribution in [3.05, 3.63) is 0 Å². The highest BCUT2D eigenvalue weighted by Gasteiger charge is 2.53. The summed E-state index contributed by atoms with van der Waals surface area (Å²) in [6, 6.07) is 0. The second-order valence-electron chi connectivity index (χ2n) is 5.67. The number of carbonyl (C=O) groups is 1. The van der Waals surface area contributed by atoms with Crippen LogP contribution in [0.25, 0.3) is 0 Å². The second kappa shape index (κ2) is 3.48. The molecule has 1 saturated carbocycles. The number of carboxylic acid groups (broad SMARTS) is 1. The van der Waals surface area contributed by atoms with Crippen molar-refractivity contribution in [2.45, 2.75) is 52.2 Å². The third-order valence-corrected chi connectivity index (χ3v) is 3.98. The lowest BCUT2D eigenvalue weighted by Crippen LogP contribution is -2.28. The maximum absolute atomic E-state index is 11.1. The minimum absolute atomic E-state index is 0.0927. The quantitative estimate of drug-likeness (QED) is 0.780. The third kappa shape index (κ3) is 1.89. The Morgan fingerprint density at radius 1 is 1.47 bits per heavy atom. The van der Waals surface area contributed by atoms with Gasteiger partial charge in [-0.05, 0) is 30.6 Å². The van der Waals surface area contributed by atoms with Gasteiger partial charge in [0.05, 0.1) is 18.1 Å². The van der Waals surface area contributed by atoms with Crippen LogP contribution in [0.5, 0.6) is 0 Å². The van der Waals surface area contributed by atoms with Gasteiger partial charge in [-0.2, -0.15) is 0 Å². The summed E-state index contributed by atoms with van der Waals surface area (Å²) in [6.07, 6.45) is 3.16. The van der Waals surface area contributed by atoms with E-state index in [1.165, 1.54) is 12.8 Å². The zero-order valence-corrected chi connectivity index (χ0v) is 9.69. The molecule has 0 aromatic carbocycles. The molecule has 2 fully saturated rings. The van der Waals surface area contributed by atoms with Crippen LogP contribution in [0.2, 0.25) is 0 Å². The zero-order valence-electron chi connectivity index (χ0n) is 9.69. The molecule has 0 bridgehead atoms. The smallest absolute Gasteiger partial charge is 0.309 e. The van der Waals surface area contributed by atoms with E-state index in [1.54, 1.807) is 0 Å². The van der Waals surface area contributed by atoms with Gasteiger partial charge in [-0.1, -0.05) is 20.8 Å². The van der Waals surface area contributed by atoms with Crippen molar-refractivity contribution in [2.24, 2.45) is 17.3 Å². The summed E-state index contributed by atoms with van der Waals surface area (Å²) in [7, 11) is 0. The van der Waals surface area contributed by atoms with Crippen molar-refractivity contribution in [3.63, 3.8) is 0 Å². The average Bonchev–Trinajstić information content (AvgIpc) is 2.74. The molecule has 1 aliphatic heterocycles. The van der Waals surface area contributed by atoms with Gasteiger partial charge >= 0.3 is 5.97 Å². The molecule has 1 saturated heterocycles. The maximum Gasteiger partial charge on any atom is 0.309 e. The number of hydrogen-bond acceptors (Lipinski definition) is 2. The monoisotopic (exact) mass is 212 g/mol. The molecule has 3 nitrogen and oxygen atoms in total. The lowest BCUT2D eigenvalue weighted by atomic mass is 9.89. The van der Waals surface area contributed by atoms with Crippen molar-refractivity contribution in [1.29, 1.82) is 0 Å². The first-order chi connectivity index (χ1) is 6.94. The summed E-state index contributed by atoms with van der Waals surface area (Å²) in [4.78, 5) is 11.1. The van der Waals surface area contributed by atoms with Gasteiger partial charge in [0.15, 0.2) is 0 Å². The molecule has 0 spiro atoms. The molecule has 3 unspecified atom stereocenters. The topological polar surface area (TPSA) is 46.5 Å². The number of ether oxygens (including phenoxy) is 1. The number of aliphatic carboxylic acids is 1. The fourth-order valence-electron chi connectivity index (χ4n) is 2.54. The molecule has 0 amide bonds. The minimum atomic E-state index is -0.694. The largest absolute Gasteiger partial charge is 0.481 e. The first-order valence-corrected chi connectivity index (χ1v) is 5.82. The van der Waals surface area contributed by atoms with E-state index in [1.807, 2.05) is 13.8 Å². The molecule has 3 atom stereocenters. The van der Waals surface area contributed by atoms with Crippen LogP contribution >= 0.6 is 0 Å². The lowest BCUT2D eigenvalue weighted by molar-refractivity contribution is -0.144. The van der Waals surface area contributed by atoms with E-state index >= 15 is 0 Å². The van der Waals surface area contributed by atoms with Crippen LogP contribution in [0.1, 0.15) is 40.0 Å². The fraction of sp³-hybridized carbons (Fsp3) is 0.917. The molecule has 15 heavy (non-hydrogen) atoms. The van der Waals surface area contributed by atoms with Gasteiger partial charge in [-0.15, -0.1) is 0 Å². The number of carboxylic acids is 1. The lowest BCUT2D eigenvalue weighted by Gasteiger charge is -2.21. The Bertz CT molecular complexity index is 268.